The number of halogens is 1. The molecule has 0 aliphatic heterocycles. The maximum Gasteiger partial charge on any atom is 0.147 e. The van der Waals surface area contributed by atoms with Crippen molar-refractivity contribution in [1.29, 1.82) is 5.26 Å². The molecule has 0 amide bonds. The first-order chi connectivity index (χ1) is 8.98. The Morgan fingerprint density at radius 2 is 2.26 bits per heavy atom. The molecule has 0 spiro atoms. The van der Waals surface area contributed by atoms with Crippen molar-refractivity contribution in [3.63, 3.8) is 0 Å². The van der Waals surface area contributed by atoms with Crippen LogP contribution in [0.15, 0.2) is 18.2 Å². The molecule has 0 bridgehead atoms. The molecule has 1 aromatic carbocycles. The number of nitrogens with one attached hydrogen (secondary N) is 1. The second kappa shape index (κ2) is 5.18. The number of benzene rings is 1. The van der Waals surface area contributed by atoms with Gasteiger partial charge >= 0.3 is 0 Å². The smallest absolute Gasteiger partial charge is 0.147 e. The van der Waals surface area contributed by atoms with E-state index in [0.717, 1.165) is 6.42 Å². The van der Waals surface area contributed by atoms with Gasteiger partial charge in [0.25, 0.3) is 0 Å². The molecule has 0 radical (unpaired) electrons. The van der Waals surface area contributed by atoms with Gasteiger partial charge in [-0.1, -0.05) is 13.8 Å². The lowest BCUT2D eigenvalue weighted by Crippen LogP contribution is -2.58. The van der Waals surface area contributed by atoms with Crippen LogP contribution in [-0.2, 0) is 4.74 Å². The van der Waals surface area contributed by atoms with E-state index < -0.39 is 0 Å². The topological polar surface area (TPSA) is 45.0 Å². The summed E-state index contributed by atoms with van der Waals surface area (Å²) in [7, 11) is 0. The van der Waals surface area contributed by atoms with E-state index in [1.54, 1.807) is 12.1 Å². The minimum Gasteiger partial charge on any atom is -0.379 e. The summed E-state index contributed by atoms with van der Waals surface area (Å²) in [6.45, 7) is 6.93. The third-order valence-corrected chi connectivity index (χ3v) is 3.97. The van der Waals surface area contributed by atoms with E-state index in [1.807, 2.05) is 13.0 Å². The van der Waals surface area contributed by atoms with Crippen molar-refractivity contribution in [3.05, 3.63) is 29.6 Å². The predicted molar refractivity (Wildman–Crippen MR) is 72.3 cm³/mol. The fourth-order valence-corrected chi connectivity index (χ4v) is 2.50. The largest absolute Gasteiger partial charge is 0.379 e. The normalized spacial score (nSPS) is 24.4. The molecule has 2 atom stereocenters. The third-order valence-electron chi connectivity index (χ3n) is 3.97. The minimum atomic E-state index is -0.380. The van der Waals surface area contributed by atoms with Crippen molar-refractivity contribution in [2.75, 3.05) is 11.9 Å². The number of hydrogen-bond acceptors (Lipinski definition) is 3. The van der Waals surface area contributed by atoms with Gasteiger partial charge in [0, 0.05) is 18.1 Å². The minimum absolute atomic E-state index is 0.0175. The molecule has 1 fully saturated rings. The van der Waals surface area contributed by atoms with Gasteiger partial charge in [-0.3, -0.25) is 0 Å². The fourth-order valence-electron chi connectivity index (χ4n) is 2.50. The highest BCUT2D eigenvalue weighted by Crippen LogP contribution is 2.44. The summed E-state index contributed by atoms with van der Waals surface area (Å²) in [6.07, 6.45) is 1.09. The second-order valence-corrected chi connectivity index (χ2v) is 5.50. The molecule has 102 valence electrons. The van der Waals surface area contributed by atoms with Crippen molar-refractivity contribution in [3.8, 4) is 6.07 Å². The lowest BCUT2D eigenvalue weighted by molar-refractivity contribution is -0.0976. The molecule has 0 saturated heterocycles. The van der Waals surface area contributed by atoms with Crippen LogP contribution in [0.3, 0.4) is 0 Å². The van der Waals surface area contributed by atoms with E-state index in [1.165, 1.54) is 6.07 Å². The highest BCUT2D eigenvalue weighted by atomic mass is 19.1. The van der Waals surface area contributed by atoms with E-state index in [-0.39, 0.29) is 23.4 Å². The quantitative estimate of drug-likeness (QED) is 0.905. The molecule has 2 unspecified atom stereocenters. The summed E-state index contributed by atoms with van der Waals surface area (Å²) >= 11 is 0. The molecule has 1 aliphatic carbocycles. The van der Waals surface area contributed by atoms with E-state index >= 15 is 0 Å². The first kappa shape index (κ1) is 13.8. The van der Waals surface area contributed by atoms with Crippen LogP contribution in [-0.4, -0.2) is 18.8 Å². The number of rotatable bonds is 4. The molecule has 3 nitrogen and oxygen atoms in total. The molecular weight excluding hydrogens is 243 g/mol. The predicted octanol–water partition coefficient (Wildman–Crippen LogP) is 3.31. The van der Waals surface area contributed by atoms with Crippen LogP contribution in [0.5, 0.6) is 0 Å². The monoisotopic (exact) mass is 262 g/mol. The third kappa shape index (κ3) is 2.57. The average molecular weight is 262 g/mol. The number of hydrogen-bond donors (Lipinski definition) is 1. The lowest BCUT2D eigenvalue weighted by Gasteiger charge is -2.52. The van der Waals surface area contributed by atoms with Crippen LogP contribution in [0.4, 0.5) is 10.1 Å². The first-order valence-corrected chi connectivity index (χ1v) is 6.56. The summed E-state index contributed by atoms with van der Waals surface area (Å²) in [4.78, 5) is 0. The Balaban J connectivity index is 2.06. The van der Waals surface area contributed by atoms with Crippen LogP contribution >= 0.6 is 0 Å². The van der Waals surface area contributed by atoms with Crippen molar-refractivity contribution < 1.29 is 9.13 Å². The van der Waals surface area contributed by atoms with Gasteiger partial charge in [-0.2, -0.15) is 5.26 Å². The van der Waals surface area contributed by atoms with Gasteiger partial charge in [0.2, 0.25) is 0 Å². The molecule has 1 aliphatic rings. The molecule has 1 aromatic rings. The van der Waals surface area contributed by atoms with Crippen LogP contribution in [0.25, 0.3) is 0 Å². The lowest BCUT2D eigenvalue weighted by atomic mass is 9.64. The Bertz CT molecular complexity index is 507. The Hall–Kier alpha value is -1.60. The van der Waals surface area contributed by atoms with Crippen molar-refractivity contribution in [1.82, 2.24) is 0 Å². The van der Waals surface area contributed by atoms with E-state index in [0.29, 0.717) is 17.9 Å². The first-order valence-electron chi connectivity index (χ1n) is 6.56. The van der Waals surface area contributed by atoms with E-state index in [9.17, 15) is 4.39 Å². The standard InChI is InChI=1S/C15H19FN2O/c1-4-19-14-8-13(15(14,2)3)18-12-6-5-10(9-17)7-11(12)16/h5-7,13-14,18H,4,8H2,1-3H3. The summed E-state index contributed by atoms with van der Waals surface area (Å²) < 4.78 is 19.5. The van der Waals surface area contributed by atoms with Crippen molar-refractivity contribution in [2.45, 2.75) is 39.3 Å². The summed E-state index contributed by atoms with van der Waals surface area (Å²) in [5.74, 6) is -0.380. The molecular formula is C15H19FN2O. The molecule has 2 rings (SSSR count). The maximum absolute atomic E-state index is 13.8. The Kier molecular flexibility index (Phi) is 3.77. The van der Waals surface area contributed by atoms with Crippen molar-refractivity contribution in [2.24, 2.45) is 5.41 Å². The zero-order chi connectivity index (χ0) is 14.0. The summed E-state index contributed by atoms with van der Waals surface area (Å²) in [6, 6.07) is 6.62. The van der Waals surface area contributed by atoms with Crippen LogP contribution < -0.4 is 5.32 Å². The molecule has 19 heavy (non-hydrogen) atoms. The van der Waals surface area contributed by atoms with Gasteiger partial charge in [0.1, 0.15) is 5.82 Å². The second-order valence-electron chi connectivity index (χ2n) is 5.50. The highest BCUT2D eigenvalue weighted by molar-refractivity contribution is 5.50. The average Bonchev–Trinajstić information content (AvgIpc) is 2.39. The molecule has 1 N–H and O–H groups in total. The zero-order valence-electron chi connectivity index (χ0n) is 11.5. The Labute approximate surface area is 113 Å². The van der Waals surface area contributed by atoms with Crippen molar-refractivity contribution >= 4 is 5.69 Å². The maximum atomic E-state index is 13.8. The van der Waals surface area contributed by atoms with Gasteiger partial charge < -0.3 is 10.1 Å². The van der Waals surface area contributed by atoms with Gasteiger partial charge in [0.05, 0.1) is 23.4 Å². The highest BCUT2D eigenvalue weighted by Gasteiger charge is 2.49. The Morgan fingerprint density at radius 3 is 2.79 bits per heavy atom. The number of anilines is 1. The van der Waals surface area contributed by atoms with Crippen LogP contribution in [0.2, 0.25) is 0 Å². The SMILES string of the molecule is CCOC1CC(Nc2ccc(C#N)cc2F)C1(C)C. The Morgan fingerprint density at radius 1 is 1.53 bits per heavy atom. The van der Waals surface area contributed by atoms with Gasteiger partial charge in [0.15, 0.2) is 0 Å². The summed E-state index contributed by atoms with van der Waals surface area (Å²) in [5.41, 5.74) is 0.770. The number of nitriles is 1. The number of ether oxygens (including phenoxy) is 1. The van der Waals surface area contributed by atoms with Gasteiger partial charge in [-0.05, 0) is 31.5 Å². The van der Waals surface area contributed by atoms with Crippen LogP contribution in [0, 0.1) is 22.6 Å². The zero-order valence-corrected chi connectivity index (χ0v) is 11.5. The molecule has 1 saturated carbocycles. The summed E-state index contributed by atoms with van der Waals surface area (Å²) in [5, 5.41) is 11.9. The molecule has 0 aromatic heterocycles. The van der Waals surface area contributed by atoms with Gasteiger partial charge in [-0.25, -0.2) is 4.39 Å². The fraction of sp³-hybridized carbons (Fsp3) is 0.533. The molecule has 0 heterocycles. The number of nitrogens with zero attached hydrogens (tertiary/aromatic N) is 1. The van der Waals surface area contributed by atoms with Crippen LogP contribution in [0.1, 0.15) is 32.8 Å². The van der Waals surface area contributed by atoms with E-state index in [4.69, 9.17) is 10.00 Å². The van der Waals surface area contributed by atoms with E-state index in [2.05, 4.69) is 19.2 Å². The van der Waals surface area contributed by atoms with Gasteiger partial charge in [-0.15, -0.1) is 0 Å². The molecule has 4 heteroatoms.